The molecule has 2 aromatic carbocycles. The SMILES string of the molecule is CC(C)c1ccc(/C=C/C(=O)Oc2ccc3c(c2)NC(=O)CO3)cc1. The van der Waals surface area contributed by atoms with Crippen molar-refractivity contribution in [3.8, 4) is 11.5 Å². The number of rotatable bonds is 4. The van der Waals surface area contributed by atoms with Crippen molar-refractivity contribution in [3.05, 3.63) is 59.7 Å². The number of carbonyl (C=O) groups is 2. The van der Waals surface area contributed by atoms with Crippen molar-refractivity contribution in [2.75, 3.05) is 11.9 Å². The van der Waals surface area contributed by atoms with Crippen molar-refractivity contribution >= 4 is 23.6 Å². The lowest BCUT2D eigenvalue weighted by atomic mass is 10.0. The number of carbonyl (C=O) groups excluding carboxylic acids is 2. The first-order valence-corrected chi connectivity index (χ1v) is 8.08. The van der Waals surface area contributed by atoms with Crippen LogP contribution in [-0.4, -0.2) is 18.5 Å². The Morgan fingerprint density at radius 3 is 2.68 bits per heavy atom. The Morgan fingerprint density at radius 2 is 1.96 bits per heavy atom. The molecule has 1 heterocycles. The maximum Gasteiger partial charge on any atom is 0.336 e. The molecule has 0 bridgehead atoms. The first kappa shape index (κ1) is 16.8. The highest BCUT2D eigenvalue weighted by molar-refractivity contribution is 5.96. The third kappa shape index (κ3) is 4.26. The van der Waals surface area contributed by atoms with Crippen LogP contribution in [0.25, 0.3) is 6.08 Å². The van der Waals surface area contributed by atoms with Crippen LogP contribution in [0.5, 0.6) is 11.5 Å². The summed E-state index contributed by atoms with van der Waals surface area (Å²) in [4.78, 5) is 23.3. The van der Waals surface area contributed by atoms with Crippen LogP contribution in [0, 0.1) is 0 Å². The highest BCUT2D eigenvalue weighted by Crippen LogP contribution is 2.31. The van der Waals surface area contributed by atoms with Gasteiger partial charge in [0.25, 0.3) is 5.91 Å². The molecule has 5 heteroatoms. The van der Waals surface area contributed by atoms with Gasteiger partial charge in [-0.1, -0.05) is 38.1 Å². The van der Waals surface area contributed by atoms with Crippen molar-refractivity contribution < 1.29 is 19.1 Å². The average Bonchev–Trinajstić information content (AvgIpc) is 2.60. The minimum Gasteiger partial charge on any atom is -0.482 e. The van der Waals surface area contributed by atoms with Gasteiger partial charge in [-0.3, -0.25) is 4.79 Å². The van der Waals surface area contributed by atoms with Gasteiger partial charge in [0, 0.05) is 12.1 Å². The van der Waals surface area contributed by atoms with Crippen molar-refractivity contribution in [1.82, 2.24) is 0 Å². The van der Waals surface area contributed by atoms with E-state index in [0.717, 1.165) is 5.56 Å². The number of fused-ring (bicyclic) bond motifs is 1. The van der Waals surface area contributed by atoms with Gasteiger partial charge in [0.2, 0.25) is 0 Å². The zero-order valence-corrected chi connectivity index (χ0v) is 14.1. The van der Waals surface area contributed by atoms with E-state index in [-0.39, 0.29) is 12.5 Å². The van der Waals surface area contributed by atoms with E-state index in [9.17, 15) is 9.59 Å². The maximum atomic E-state index is 12.0. The lowest BCUT2D eigenvalue weighted by Crippen LogP contribution is -2.25. The van der Waals surface area contributed by atoms with Crippen LogP contribution in [0.4, 0.5) is 5.69 Å². The van der Waals surface area contributed by atoms with Crippen LogP contribution in [0.3, 0.4) is 0 Å². The summed E-state index contributed by atoms with van der Waals surface area (Å²) in [6.45, 7) is 4.26. The number of esters is 1. The quantitative estimate of drug-likeness (QED) is 0.524. The largest absolute Gasteiger partial charge is 0.482 e. The first-order chi connectivity index (χ1) is 12.0. The van der Waals surface area contributed by atoms with Crippen LogP contribution in [0.1, 0.15) is 30.9 Å². The Kier molecular flexibility index (Phi) is 4.84. The number of ether oxygens (including phenoxy) is 2. The minimum atomic E-state index is -0.490. The van der Waals surface area contributed by atoms with Gasteiger partial charge in [-0.2, -0.15) is 0 Å². The molecule has 25 heavy (non-hydrogen) atoms. The lowest BCUT2D eigenvalue weighted by Gasteiger charge is -2.18. The highest BCUT2D eigenvalue weighted by atomic mass is 16.5. The molecule has 3 rings (SSSR count). The van der Waals surface area contributed by atoms with Gasteiger partial charge in [0.15, 0.2) is 6.61 Å². The molecule has 5 nitrogen and oxygen atoms in total. The van der Waals surface area contributed by atoms with E-state index >= 15 is 0 Å². The van der Waals surface area contributed by atoms with E-state index in [0.29, 0.717) is 23.1 Å². The molecule has 0 saturated heterocycles. The number of nitrogens with one attached hydrogen (secondary N) is 1. The fraction of sp³-hybridized carbons (Fsp3) is 0.200. The zero-order chi connectivity index (χ0) is 17.8. The van der Waals surface area contributed by atoms with E-state index in [1.165, 1.54) is 11.6 Å². The molecule has 0 fully saturated rings. The molecular formula is C20H19NO4. The molecule has 2 aromatic rings. The summed E-state index contributed by atoms with van der Waals surface area (Å²) in [7, 11) is 0. The number of hydrogen-bond donors (Lipinski definition) is 1. The fourth-order valence-electron chi connectivity index (χ4n) is 2.43. The lowest BCUT2D eigenvalue weighted by molar-refractivity contribution is -0.128. The van der Waals surface area contributed by atoms with Crippen LogP contribution in [0.2, 0.25) is 0 Å². The minimum absolute atomic E-state index is 0.00945. The topological polar surface area (TPSA) is 64.6 Å². The molecule has 1 N–H and O–H groups in total. The number of anilines is 1. The van der Waals surface area contributed by atoms with Gasteiger partial charge in [0.1, 0.15) is 11.5 Å². The Hall–Kier alpha value is -3.08. The maximum absolute atomic E-state index is 12.0. The number of benzene rings is 2. The smallest absolute Gasteiger partial charge is 0.336 e. The van der Waals surface area contributed by atoms with Crippen molar-refractivity contribution in [2.24, 2.45) is 0 Å². The van der Waals surface area contributed by atoms with Gasteiger partial charge >= 0.3 is 5.97 Å². The molecule has 1 aliphatic heterocycles. The van der Waals surface area contributed by atoms with Gasteiger partial charge in [0.05, 0.1) is 5.69 Å². The van der Waals surface area contributed by atoms with E-state index < -0.39 is 5.97 Å². The summed E-state index contributed by atoms with van der Waals surface area (Å²) in [5, 5.41) is 2.67. The van der Waals surface area contributed by atoms with Crippen molar-refractivity contribution in [3.63, 3.8) is 0 Å². The first-order valence-electron chi connectivity index (χ1n) is 8.08. The average molecular weight is 337 g/mol. The molecule has 0 aliphatic carbocycles. The summed E-state index contributed by atoms with van der Waals surface area (Å²) >= 11 is 0. The molecule has 1 aliphatic rings. The Bertz CT molecular complexity index is 822. The summed E-state index contributed by atoms with van der Waals surface area (Å²) in [5.74, 6) is 0.641. The van der Waals surface area contributed by atoms with Crippen LogP contribution in [-0.2, 0) is 9.59 Å². The van der Waals surface area contributed by atoms with E-state index in [1.54, 1.807) is 24.3 Å². The summed E-state index contributed by atoms with van der Waals surface area (Å²) in [5.41, 5.74) is 2.67. The Morgan fingerprint density at radius 1 is 1.20 bits per heavy atom. The summed E-state index contributed by atoms with van der Waals surface area (Å²) in [6, 6.07) is 12.9. The molecular weight excluding hydrogens is 318 g/mol. The predicted octanol–water partition coefficient (Wildman–Crippen LogP) is 3.76. The second-order valence-corrected chi connectivity index (χ2v) is 6.07. The van der Waals surface area contributed by atoms with Gasteiger partial charge in [-0.25, -0.2) is 4.79 Å². The Balaban J connectivity index is 1.64. The molecule has 0 spiro atoms. The van der Waals surface area contributed by atoms with E-state index in [2.05, 4.69) is 19.2 Å². The number of amides is 1. The summed E-state index contributed by atoms with van der Waals surface area (Å²) in [6.07, 6.45) is 3.08. The van der Waals surface area contributed by atoms with Crippen LogP contribution >= 0.6 is 0 Å². The highest BCUT2D eigenvalue weighted by Gasteiger charge is 2.16. The molecule has 128 valence electrons. The molecule has 0 saturated carbocycles. The van der Waals surface area contributed by atoms with Crippen LogP contribution < -0.4 is 14.8 Å². The third-order valence-electron chi connectivity index (χ3n) is 3.82. The molecule has 0 radical (unpaired) electrons. The second-order valence-electron chi connectivity index (χ2n) is 6.07. The fourth-order valence-corrected chi connectivity index (χ4v) is 2.43. The standard InChI is InChI=1S/C20H19NO4/c1-13(2)15-6-3-14(4-7-15)5-10-20(23)25-16-8-9-18-17(11-16)21-19(22)12-24-18/h3-11,13H,12H2,1-2H3,(H,21,22)/b10-5+. The molecule has 0 aromatic heterocycles. The summed E-state index contributed by atoms with van der Waals surface area (Å²) < 4.78 is 10.5. The van der Waals surface area contributed by atoms with Crippen molar-refractivity contribution in [2.45, 2.75) is 19.8 Å². The molecule has 0 unspecified atom stereocenters. The van der Waals surface area contributed by atoms with Crippen LogP contribution in [0.15, 0.2) is 48.5 Å². The normalized spacial score (nSPS) is 13.3. The van der Waals surface area contributed by atoms with Crippen molar-refractivity contribution in [1.29, 1.82) is 0 Å². The zero-order valence-electron chi connectivity index (χ0n) is 14.1. The van der Waals surface area contributed by atoms with E-state index in [4.69, 9.17) is 9.47 Å². The number of hydrogen-bond acceptors (Lipinski definition) is 4. The predicted molar refractivity (Wildman–Crippen MR) is 95.8 cm³/mol. The van der Waals surface area contributed by atoms with Gasteiger partial charge < -0.3 is 14.8 Å². The van der Waals surface area contributed by atoms with Gasteiger partial charge in [-0.05, 0) is 35.3 Å². The third-order valence-corrected chi connectivity index (χ3v) is 3.82. The second kappa shape index (κ2) is 7.21. The monoisotopic (exact) mass is 337 g/mol. The molecule has 0 atom stereocenters. The Labute approximate surface area is 146 Å². The molecule has 1 amide bonds. The van der Waals surface area contributed by atoms with E-state index in [1.807, 2.05) is 24.3 Å². The van der Waals surface area contributed by atoms with Gasteiger partial charge in [-0.15, -0.1) is 0 Å².